The first-order valence-corrected chi connectivity index (χ1v) is 5.13. The van der Waals surface area contributed by atoms with Gasteiger partial charge in [0.25, 0.3) is 0 Å². The first kappa shape index (κ1) is 9.73. The molecule has 2 aliphatic rings. The molecule has 1 atom stereocenters. The zero-order valence-corrected chi connectivity index (χ0v) is 8.24. The summed E-state index contributed by atoms with van der Waals surface area (Å²) in [6.45, 7) is 4.38. The van der Waals surface area contributed by atoms with Crippen LogP contribution >= 0.6 is 0 Å². The standard InChI is InChI=1S/C9H16N3O2/c13-9(11-8-1-2-10-7-8)12-3-5-14-6-4-12/h8H,1-7H2,(H,11,13). The van der Waals surface area contributed by atoms with Crippen molar-refractivity contribution in [1.82, 2.24) is 15.5 Å². The molecule has 1 N–H and O–H groups in total. The number of nitrogens with zero attached hydrogens (tertiary/aromatic N) is 2. The summed E-state index contributed by atoms with van der Waals surface area (Å²) in [4.78, 5) is 13.5. The summed E-state index contributed by atoms with van der Waals surface area (Å²) in [7, 11) is 0. The second-order valence-electron chi connectivity index (χ2n) is 3.66. The van der Waals surface area contributed by atoms with Gasteiger partial charge in [-0.15, -0.1) is 0 Å². The quantitative estimate of drug-likeness (QED) is 0.612. The molecule has 0 aromatic heterocycles. The Hall–Kier alpha value is -0.810. The summed E-state index contributed by atoms with van der Waals surface area (Å²) < 4.78 is 5.18. The number of carbonyl (C=O) groups is 1. The van der Waals surface area contributed by atoms with Gasteiger partial charge in [0.05, 0.1) is 13.2 Å². The minimum Gasteiger partial charge on any atom is -0.378 e. The fourth-order valence-corrected chi connectivity index (χ4v) is 1.74. The Balaban J connectivity index is 1.75. The van der Waals surface area contributed by atoms with E-state index in [2.05, 4.69) is 10.6 Å². The molecule has 1 unspecified atom stereocenters. The molecule has 5 heteroatoms. The highest BCUT2D eigenvalue weighted by Crippen LogP contribution is 2.02. The smallest absolute Gasteiger partial charge is 0.317 e. The van der Waals surface area contributed by atoms with Gasteiger partial charge in [0.15, 0.2) is 0 Å². The molecular weight excluding hydrogens is 182 g/mol. The zero-order chi connectivity index (χ0) is 9.80. The Bertz CT molecular complexity index is 198. The van der Waals surface area contributed by atoms with Crippen molar-refractivity contribution in [3.8, 4) is 0 Å². The van der Waals surface area contributed by atoms with Crippen molar-refractivity contribution in [2.75, 3.05) is 39.4 Å². The highest BCUT2D eigenvalue weighted by atomic mass is 16.5. The van der Waals surface area contributed by atoms with Crippen LogP contribution in [-0.4, -0.2) is 56.4 Å². The number of hydrogen-bond acceptors (Lipinski definition) is 2. The molecule has 0 bridgehead atoms. The fraction of sp³-hybridized carbons (Fsp3) is 0.889. The minimum atomic E-state index is 0.0374. The predicted molar refractivity (Wildman–Crippen MR) is 51.2 cm³/mol. The van der Waals surface area contributed by atoms with Crippen molar-refractivity contribution in [3.63, 3.8) is 0 Å². The fourth-order valence-electron chi connectivity index (χ4n) is 1.74. The van der Waals surface area contributed by atoms with Gasteiger partial charge in [-0.1, -0.05) is 0 Å². The first-order chi connectivity index (χ1) is 6.86. The molecule has 2 aliphatic heterocycles. The topological polar surface area (TPSA) is 55.7 Å². The highest BCUT2D eigenvalue weighted by Gasteiger charge is 2.22. The number of rotatable bonds is 1. The van der Waals surface area contributed by atoms with Crippen LogP contribution < -0.4 is 10.6 Å². The molecule has 2 amide bonds. The van der Waals surface area contributed by atoms with Crippen LogP contribution in [0.15, 0.2) is 0 Å². The van der Waals surface area contributed by atoms with Crippen molar-refractivity contribution in [2.45, 2.75) is 12.5 Å². The normalized spacial score (nSPS) is 27.7. The van der Waals surface area contributed by atoms with Crippen LogP contribution in [0.5, 0.6) is 0 Å². The highest BCUT2D eigenvalue weighted by molar-refractivity contribution is 5.74. The number of amides is 2. The average molecular weight is 198 g/mol. The maximum Gasteiger partial charge on any atom is 0.317 e. The number of carbonyl (C=O) groups excluding carboxylic acids is 1. The van der Waals surface area contributed by atoms with E-state index in [1.54, 1.807) is 0 Å². The molecule has 0 spiro atoms. The lowest BCUT2D eigenvalue weighted by atomic mass is 10.3. The van der Waals surface area contributed by atoms with Crippen LogP contribution in [0.4, 0.5) is 4.79 Å². The summed E-state index contributed by atoms with van der Waals surface area (Å²) >= 11 is 0. The van der Waals surface area contributed by atoms with E-state index in [9.17, 15) is 4.79 Å². The molecule has 2 saturated heterocycles. The zero-order valence-electron chi connectivity index (χ0n) is 8.24. The summed E-state index contributed by atoms with van der Waals surface area (Å²) in [6, 6.07) is 0.292. The van der Waals surface area contributed by atoms with E-state index >= 15 is 0 Å². The van der Waals surface area contributed by atoms with Gasteiger partial charge in [-0.25, -0.2) is 10.1 Å². The summed E-state index contributed by atoms with van der Waals surface area (Å²) in [5.41, 5.74) is 0. The van der Waals surface area contributed by atoms with E-state index in [-0.39, 0.29) is 12.1 Å². The Morgan fingerprint density at radius 2 is 2.21 bits per heavy atom. The molecule has 5 nitrogen and oxygen atoms in total. The summed E-state index contributed by atoms with van der Waals surface area (Å²) in [5, 5.41) is 7.19. The van der Waals surface area contributed by atoms with Crippen molar-refractivity contribution < 1.29 is 9.53 Å². The van der Waals surface area contributed by atoms with Gasteiger partial charge in [-0.05, 0) is 6.42 Å². The van der Waals surface area contributed by atoms with Crippen LogP contribution in [0.3, 0.4) is 0 Å². The van der Waals surface area contributed by atoms with Gasteiger partial charge in [0.1, 0.15) is 0 Å². The van der Waals surface area contributed by atoms with E-state index in [1.165, 1.54) is 0 Å². The third-order valence-corrected chi connectivity index (χ3v) is 2.61. The van der Waals surface area contributed by atoms with E-state index in [0.717, 1.165) is 19.5 Å². The molecule has 2 rings (SSSR count). The van der Waals surface area contributed by atoms with Crippen molar-refractivity contribution in [1.29, 1.82) is 0 Å². The Morgan fingerprint density at radius 3 is 2.86 bits per heavy atom. The molecule has 1 radical (unpaired) electrons. The van der Waals surface area contributed by atoms with E-state index in [1.807, 2.05) is 4.90 Å². The first-order valence-electron chi connectivity index (χ1n) is 5.13. The molecule has 14 heavy (non-hydrogen) atoms. The van der Waals surface area contributed by atoms with Gasteiger partial charge in [-0.3, -0.25) is 0 Å². The number of urea groups is 1. The lowest BCUT2D eigenvalue weighted by Gasteiger charge is -2.28. The Labute approximate surface area is 83.8 Å². The second-order valence-corrected chi connectivity index (χ2v) is 3.66. The number of morpholine rings is 1. The van der Waals surface area contributed by atoms with Gasteiger partial charge in [0.2, 0.25) is 0 Å². The lowest BCUT2D eigenvalue weighted by molar-refractivity contribution is 0.0526. The van der Waals surface area contributed by atoms with Crippen molar-refractivity contribution in [2.24, 2.45) is 0 Å². The third-order valence-electron chi connectivity index (χ3n) is 2.61. The SMILES string of the molecule is O=C(NC1CC[N]C1)N1CCOCC1. The molecule has 0 aromatic carbocycles. The van der Waals surface area contributed by atoms with Crippen LogP contribution in [0.2, 0.25) is 0 Å². The van der Waals surface area contributed by atoms with Gasteiger partial charge in [0, 0.05) is 32.2 Å². The van der Waals surface area contributed by atoms with Gasteiger partial charge < -0.3 is 15.0 Å². The largest absolute Gasteiger partial charge is 0.378 e. The second kappa shape index (κ2) is 4.61. The minimum absolute atomic E-state index is 0.0374. The monoisotopic (exact) mass is 198 g/mol. The van der Waals surface area contributed by atoms with Crippen molar-refractivity contribution >= 4 is 6.03 Å². The van der Waals surface area contributed by atoms with Gasteiger partial charge in [-0.2, -0.15) is 0 Å². The van der Waals surface area contributed by atoms with Crippen LogP contribution in [0.25, 0.3) is 0 Å². The molecular formula is C9H16N3O2. The van der Waals surface area contributed by atoms with Crippen molar-refractivity contribution in [3.05, 3.63) is 0 Å². The van der Waals surface area contributed by atoms with Crippen LogP contribution in [0, 0.1) is 0 Å². The van der Waals surface area contributed by atoms with E-state index in [4.69, 9.17) is 4.74 Å². The predicted octanol–water partition coefficient (Wildman–Crippen LogP) is -0.595. The molecule has 0 aliphatic carbocycles. The molecule has 2 fully saturated rings. The Morgan fingerprint density at radius 1 is 1.43 bits per heavy atom. The third kappa shape index (κ3) is 2.36. The number of hydrogen-bond donors (Lipinski definition) is 1. The lowest BCUT2D eigenvalue weighted by Crippen LogP contribution is -2.49. The average Bonchev–Trinajstić information content (AvgIpc) is 2.72. The molecule has 0 saturated carbocycles. The molecule has 79 valence electrons. The number of nitrogens with one attached hydrogen (secondary N) is 1. The summed E-state index contributed by atoms with van der Waals surface area (Å²) in [5.74, 6) is 0. The molecule has 2 heterocycles. The number of ether oxygens (including phenoxy) is 1. The Kier molecular flexibility index (Phi) is 3.21. The molecule has 0 aromatic rings. The van der Waals surface area contributed by atoms with E-state index in [0.29, 0.717) is 26.3 Å². The summed E-state index contributed by atoms with van der Waals surface area (Å²) in [6.07, 6.45) is 0.982. The van der Waals surface area contributed by atoms with Gasteiger partial charge >= 0.3 is 6.03 Å². The van der Waals surface area contributed by atoms with E-state index < -0.39 is 0 Å². The maximum absolute atomic E-state index is 11.7. The maximum atomic E-state index is 11.7. The van der Waals surface area contributed by atoms with Crippen LogP contribution in [0.1, 0.15) is 6.42 Å². The van der Waals surface area contributed by atoms with Crippen LogP contribution in [-0.2, 0) is 4.74 Å².